The normalized spacial score (nSPS) is 26.6. The van der Waals surface area contributed by atoms with Gasteiger partial charge < -0.3 is 4.74 Å². The van der Waals surface area contributed by atoms with Gasteiger partial charge in [-0.15, -0.1) is 0 Å². The summed E-state index contributed by atoms with van der Waals surface area (Å²) in [6.07, 6.45) is 0. The van der Waals surface area contributed by atoms with Crippen LogP contribution in [-0.2, 0) is 9.53 Å². The topological polar surface area (TPSA) is 26.3 Å². The van der Waals surface area contributed by atoms with Crippen LogP contribution in [0.1, 0.15) is 41.5 Å². The zero-order chi connectivity index (χ0) is 11.1. The molecule has 1 aliphatic rings. The number of rotatable bonds is 1. The molecular formula is C12H18O2. The molecule has 0 spiro atoms. The van der Waals surface area contributed by atoms with Gasteiger partial charge >= 0.3 is 5.97 Å². The Hall–Kier alpha value is -1.05. The third-order valence-corrected chi connectivity index (χ3v) is 3.43. The molecule has 0 fully saturated rings. The van der Waals surface area contributed by atoms with Crippen LogP contribution in [0.4, 0.5) is 0 Å². The molecule has 78 valence electrons. The van der Waals surface area contributed by atoms with Crippen molar-refractivity contribution in [1.29, 1.82) is 0 Å². The third kappa shape index (κ3) is 1.29. The highest BCUT2D eigenvalue weighted by atomic mass is 16.5. The number of carbonyl (C=O) groups is 1. The van der Waals surface area contributed by atoms with Gasteiger partial charge in [0.05, 0.1) is 0 Å². The van der Waals surface area contributed by atoms with E-state index in [4.69, 9.17) is 4.74 Å². The molecule has 1 rings (SSSR count). The van der Waals surface area contributed by atoms with Gasteiger partial charge in [-0.1, -0.05) is 11.1 Å². The van der Waals surface area contributed by atoms with E-state index in [0.717, 1.165) is 16.9 Å². The quantitative estimate of drug-likeness (QED) is 0.473. The van der Waals surface area contributed by atoms with Crippen LogP contribution in [0.25, 0.3) is 0 Å². The van der Waals surface area contributed by atoms with Crippen molar-refractivity contribution >= 4 is 5.97 Å². The lowest BCUT2D eigenvalue weighted by atomic mass is 9.76. The molecule has 0 aromatic rings. The van der Waals surface area contributed by atoms with Crippen LogP contribution in [0.5, 0.6) is 0 Å². The Morgan fingerprint density at radius 2 is 1.71 bits per heavy atom. The molecule has 0 saturated carbocycles. The third-order valence-electron chi connectivity index (χ3n) is 3.43. The lowest BCUT2D eigenvalue weighted by Crippen LogP contribution is -2.27. The van der Waals surface area contributed by atoms with E-state index < -0.39 is 5.41 Å². The number of cyclic esters (lactones) is 1. The molecule has 1 heterocycles. The first-order chi connectivity index (χ1) is 6.31. The van der Waals surface area contributed by atoms with Gasteiger partial charge in [-0.2, -0.15) is 0 Å². The van der Waals surface area contributed by atoms with Gasteiger partial charge in [-0.05, 0) is 47.1 Å². The Morgan fingerprint density at radius 3 is 2.00 bits per heavy atom. The maximum absolute atomic E-state index is 11.8. The number of allylic oxidation sites excluding steroid dienone is 2. The van der Waals surface area contributed by atoms with Crippen LogP contribution in [0.15, 0.2) is 22.5 Å². The molecule has 0 saturated heterocycles. The molecule has 0 radical (unpaired) electrons. The Labute approximate surface area is 85.6 Å². The molecule has 1 atom stereocenters. The molecule has 0 N–H and O–H groups in total. The van der Waals surface area contributed by atoms with Crippen LogP contribution in [0, 0.1) is 5.41 Å². The smallest absolute Gasteiger partial charge is 0.325 e. The second kappa shape index (κ2) is 3.26. The minimum absolute atomic E-state index is 0.147. The molecule has 14 heavy (non-hydrogen) atoms. The predicted molar refractivity (Wildman–Crippen MR) is 56.6 cm³/mol. The molecular weight excluding hydrogens is 176 g/mol. The lowest BCUT2D eigenvalue weighted by Gasteiger charge is -2.24. The minimum atomic E-state index is -0.539. The highest BCUT2D eigenvalue weighted by molar-refractivity contribution is 5.87. The average Bonchev–Trinajstić information content (AvgIpc) is 2.30. The van der Waals surface area contributed by atoms with Crippen LogP contribution in [0.2, 0.25) is 0 Å². The van der Waals surface area contributed by atoms with Gasteiger partial charge in [-0.25, -0.2) is 0 Å². The van der Waals surface area contributed by atoms with Crippen LogP contribution in [-0.4, -0.2) is 5.97 Å². The van der Waals surface area contributed by atoms with Gasteiger partial charge in [0.25, 0.3) is 0 Å². The second-order valence-corrected chi connectivity index (χ2v) is 4.32. The van der Waals surface area contributed by atoms with Crippen LogP contribution < -0.4 is 0 Å². The van der Waals surface area contributed by atoms with Crippen molar-refractivity contribution in [3.8, 4) is 0 Å². The van der Waals surface area contributed by atoms with Gasteiger partial charge in [-0.3, -0.25) is 4.79 Å². The second-order valence-electron chi connectivity index (χ2n) is 4.32. The van der Waals surface area contributed by atoms with Crippen molar-refractivity contribution < 1.29 is 9.53 Å². The molecule has 0 aromatic carbocycles. The molecule has 1 aliphatic heterocycles. The van der Waals surface area contributed by atoms with Crippen molar-refractivity contribution in [3.63, 3.8) is 0 Å². The summed E-state index contributed by atoms with van der Waals surface area (Å²) < 4.78 is 5.17. The standard InChI is InChI=1S/C12H18O2/c1-7(2)8(3)12(6)9(4)10(5)14-11(12)13/h1-6H3. The summed E-state index contributed by atoms with van der Waals surface area (Å²) >= 11 is 0. The number of hydrogen-bond donors (Lipinski definition) is 0. The predicted octanol–water partition coefficient (Wildman–Crippen LogP) is 3.20. The number of hydrogen-bond acceptors (Lipinski definition) is 2. The summed E-state index contributed by atoms with van der Waals surface area (Å²) in [5, 5.41) is 0. The molecule has 0 aromatic heterocycles. The summed E-state index contributed by atoms with van der Waals surface area (Å²) in [4.78, 5) is 11.8. The van der Waals surface area contributed by atoms with Crippen LogP contribution >= 0.6 is 0 Å². The van der Waals surface area contributed by atoms with Crippen molar-refractivity contribution in [2.24, 2.45) is 5.41 Å². The summed E-state index contributed by atoms with van der Waals surface area (Å²) in [6.45, 7) is 11.8. The fourth-order valence-corrected chi connectivity index (χ4v) is 1.76. The number of carbonyl (C=O) groups excluding carboxylic acids is 1. The van der Waals surface area contributed by atoms with Gasteiger partial charge in [0.1, 0.15) is 11.2 Å². The Bertz CT molecular complexity index is 343. The van der Waals surface area contributed by atoms with Gasteiger partial charge in [0.15, 0.2) is 0 Å². The first-order valence-electron chi connectivity index (χ1n) is 4.86. The summed E-state index contributed by atoms with van der Waals surface area (Å²) in [5.74, 6) is 0.601. The Kier molecular flexibility index (Phi) is 2.57. The summed E-state index contributed by atoms with van der Waals surface area (Å²) in [7, 11) is 0. The summed E-state index contributed by atoms with van der Waals surface area (Å²) in [6, 6.07) is 0. The Balaban J connectivity index is 3.32. The van der Waals surface area contributed by atoms with E-state index in [1.165, 1.54) is 5.57 Å². The fourth-order valence-electron chi connectivity index (χ4n) is 1.76. The van der Waals surface area contributed by atoms with E-state index in [1.54, 1.807) is 0 Å². The molecule has 2 nitrogen and oxygen atoms in total. The molecule has 0 bridgehead atoms. The minimum Gasteiger partial charge on any atom is -0.430 e. The van der Waals surface area contributed by atoms with Crippen molar-refractivity contribution in [1.82, 2.24) is 0 Å². The van der Waals surface area contributed by atoms with E-state index in [1.807, 2.05) is 41.5 Å². The zero-order valence-corrected chi connectivity index (χ0v) is 9.82. The Morgan fingerprint density at radius 1 is 1.21 bits per heavy atom. The van der Waals surface area contributed by atoms with Crippen molar-refractivity contribution in [2.75, 3.05) is 0 Å². The van der Waals surface area contributed by atoms with E-state index >= 15 is 0 Å². The van der Waals surface area contributed by atoms with E-state index in [2.05, 4.69) is 0 Å². The van der Waals surface area contributed by atoms with E-state index in [0.29, 0.717) is 0 Å². The fraction of sp³-hybridized carbons (Fsp3) is 0.583. The molecule has 1 unspecified atom stereocenters. The zero-order valence-electron chi connectivity index (χ0n) is 9.82. The molecule has 0 aliphatic carbocycles. The first kappa shape index (κ1) is 11.0. The number of ether oxygens (including phenoxy) is 1. The van der Waals surface area contributed by atoms with Crippen molar-refractivity contribution in [2.45, 2.75) is 41.5 Å². The SMILES string of the molecule is CC(C)=C(C)C1(C)C(=O)OC(C)=C1C. The van der Waals surface area contributed by atoms with Crippen molar-refractivity contribution in [3.05, 3.63) is 22.5 Å². The lowest BCUT2D eigenvalue weighted by molar-refractivity contribution is -0.142. The molecule has 0 amide bonds. The van der Waals surface area contributed by atoms with Gasteiger partial charge in [0.2, 0.25) is 0 Å². The average molecular weight is 194 g/mol. The number of esters is 1. The molecule has 2 heteroatoms. The highest BCUT2D eigenvalue weighted by Gasteiger charge is 2.45. The summed E-state index contributed by atoms with van der Waals surface area (Å²) in [5.41, 5.74) is 2.76. The maximum atomic E-state index is 11.8. The highest BCUT2D eigenvalue weighted by Crippen LogP contribution is 2.44. The van der Waals surface area contributed by atoms with E-state index in [9.17, 15) is 4.79 Å². The van der Waals surface area contributed by atoms with Crippen LogP contribution in [0.3, 0.4) is 0 Å². The van der Waals surface area contributed by atoms with Gasteiger partial charge in [0, 0.05) is 0 Å². The maximum Gasteiger partial charge on any atom is 0.325 e. The van der Waals surface area contributed by atoms with E-state index in [-0.39, 0.29) is 5.97 Å². The monoisotopic (exact) mass is 194 g/mol. The largest absolute Gasteiger partial charge is 0.430 e. The first-order valence-corrected chi connectivity index (χ1v) is 4.86.